The maximum absolute atomic E-state index is 11.2. The molecule has 0 aliphatic carbocycles. The van der Waals surface area contributed by atoms with Crippen LogP contribution in [0.1, 0.15) is 12.8 Å². The fourth-order valence-electron chi connectivity index (χ4n) is 1.89. The third-order valence-corrected chi connectivity index (χ3v) is 2.81. The summed E-state index contributed by atoms with van der Waals surface area (Å²) >= 11 is 0. The largest absolute Gasteiger partial charge is 0.381 e. The van der Waals surface area contributed by atoms with Gasteiger partial charge in [0.15, 0.2) is 6.10 Å². The number of rotatable bonds is 4. The van der Waals surface area contributed by atoms with Gasteiger partial charge in [0.25, 0.3) is 5.91 Å². The van der Waals surface area contributed by atoms with E-state index in [1.54, 1.807) is 7.11 Å². The molecule has 1 N–H and O–H groups in total. The topological polar surface area (TPSA) is 56.8 Å². The van der Waals surface area contributed by atoms with E-state index < -0.39 is 6.10 Å². The molecule has 2 heterocycles. The Labute approximate surface area is 94.7 Å². The highest BCUT2D eigenvalue weighted by Crippen LogP contribution is 2.19. The van der Waals surface area contributed by atoms with E-state index in [0.717, 1.165) is 26.1 Å². The van der Waals surface area contributed by atoms with Crippen LogP contribution in [-0.4, -0.2) is 45.2 Å². The first-order valence-electron chi connectivity index (χ1n) is 5.49. The summed E-state index contributed by atoms with van der Waals surface area (Å²) in [5.74, 6) is -0.0639. The minimum Gasteiger partial charge on any atom is -0.381 e. The number of ether oxygens (including phenoxy) is 3. The Hall–Kier alpha value is -0.910. The van der Waals surface area contributed by atoms with Gasteiger partial charge >= 0.3 is 0 Å². The van der Waals surface area contributed by atoms with Crippen LogP contribution in [-0.2, 0) is 19.0 Å². The second-order valence-corrected chi connectivity index (χ2v) is 3.97. The van der Waals surface area contributed by atoms with Gasteiger partial charge in [0.05, 0.1) is 19.3 Å². The van der Waals surface area contributed by atoms with Crippen molar-refractivity contribution >= 4 is 5.91 Å². The van der Waals surface area contributed by atoms with Crippen LogP contribution in [0.5, 0.6) is 0 Å². The standard InChI is InChI=1S/C11H17NO4/c1-14-7-16-10-9(12-11(10)13)6-8-2-4-15-5-3-8/h6,9-10H,2-5,7H2,1H3,(H,12,13). The van der Waals surface area contributed by atoms with E-state index in [-0.39, 0.29) is 18.7 Å². The summed E-state index contributed by atoms with van der Waals surface area (Å²) in [4.78, 5) is 11.2. The van der Waals surface area contributed by atoms with Gasteiger partial charge in [-0.3, -0.25) is 4.79 Å². The number of amides is 1. The molecule has 90 valence electrons. The predicted molar refractivity (Wildman–Crippen MR) is 56.8 cm³/mol. The minimum absolute atomic E-state index is 0.00394. The fraction of sp³-hybridized carbons (Fsp3) is 0.727. The highest BCUT2D eigenvalue weighted by Gasteiger charge is 2.39. The maximum Gasteiger partial charge on any atom is 0.252 e. The van der Waals surface area contributed by atoms with Crippen LogP contribution in [0.3, 0.4) is 0 Å². The van der Waals surface area contributed by atoms with Gasteiger partial charge in [0.2, 0.25) is 0 Å². The Morgan fingerprint density at radius 2 is 2.25 bits per heavy atom. The molecule has 0 aromatic rings. The molecule has 0 spiro atoms. The molecule has 0 bridgehead atoms. The molecule has 0 radical (unpaired) electrons. The molecule has 2 saturated heterocycles. The smallest absolute Gasteiger partial charge is 0.252 e. The highest BCUT2D eigenvalue weighted by atomic mass is 16.7. The van der Waals surface area contributed by atoms with Crippen molar-refractivity contribution in [2.24, 2.45) is 0 Å². The zero-order valence-electron chi connectivity index (χ0n) is 9.40. The van der Waals surface area contributed by atoms with Crippen molar-refractivity contribution in [3.63, 3.8) is 0 Å². The Morgan fingerprint density at radius 3 is 2.88 bits per heavy atom. The Bertz CT molecular complexity index is 282. The lowest BCUT2D eigenvalue weighted by atomic mass is 9.96. The van der Waals surface area contributed by atoms with Crippen LogP contribution < -0.4 is 5.32 Å². The molecule has 2 aliphatic heterocycles. The van der Waals surface area contributed by atoms with E-state index in [4.69, 9.17) is 14.2 Å². The molecule has 5 nitrogen and oxygen atoms in total. The van der Waals surface area contributed by atoms with Crippen LogP contribution >= 0.6 is 0 Å². The maximum atomic E-state index is 11.2. The normalized spacial score (nSPS) is 29.6. The third kappa shape index (κ3) is 2.61. The van der Waals surface area contributed by atoms with Crippen molar-refractivity contribution in [2.45, 2.75) is 25.0 Å². The molecule has 16 heavy (non-hydrogen) atoms. The Morgan fingerprint density at radius 1 is 1.50 bits per heavy atom. The van der Waals surface area contributed by atoms with Crippen molar-refractivity contribution in [1.82, 2.24) is 5.32 Å². The highest BCUT2D eigenvalue weighted by molar-refractivity contribution is 5.89. The molecular formula is C11H17NO4. The van der Waals surface area contributed by atoms with Gasteiger partial charge in [-0.2, -0.15) is 0 Å². The summed E-state index contributed by atoms with van der Waals surface area (Å²) < 4.78 is 15.3. The first kappa shape index (κ1) is 11.6. The lowest BCUT2D eigenvalue weighted by molar-refractivity contribution is -0.157. The van der Waals surface area contributed by atoms with Crippen molar-refractivity contribution in [3.8, 4) is 0 Å². The molecule has 0 aromatic carbocycles. The Balaban J connectivity index is 1.86. The average molecular weight is 227 g/mol. The molecular weight excluding hydrogens is 210 g/mol. The second-order valence-electron chi connectivity index (χ2n) is 3.97. The van der Waals surface area contributed by atoms with Gasteiger partial charge < -0.3 is 19.5 Å². The number of carbonyl (C=O) groups is 1. The van der Waals surface area contributed by atoms with E-state index in [2.05, 4.69) is 11.4 Å². The second kappa shape index (κ2) is 5.43. The number of hydrogen-bond acceptors (Lipinski definition) is 4. The molecule has 2 fully saturated rings. The lowest BCUT2D eigenvalue weighted by Crippen LogP contribution is -2.62. The zero-order valence-corrected chi connectivity index (χ0v) is 9.40. The van der Waals surface area contributed by atoms with E-state index >= 15 is 0 Å². The SMILES string of the molecule is COCOC1C(=O)NC1C=C1CCOCC1. The number of β-lactam (4-membered cyclic amide) rings is 1. The van der Waals surface area contributed by atoms with Crippen LogP contribution in [0.15, 0.2) is 11.6 Å². The summed E-state index contributed by atoms with van der Waals surface area (Å²) in [6, 6.07) is -0.00394. The first-order valence-corrected chi connectivity index (χ1v) is 5.49. The lowest BCUT2D eigenvalue weighted by Gasteiger charge is -2.35. The zero-order chi connectivity index (χ0) is 11.4. The van der Waals surface area contributed by atoms with Crippen LogP contribution in [0.4, 0.5) is 0 Å². The molecule has 2 aliphatic rings. The number of carbonyl (C=O) groups excluding carboxylic acids is 1. The monoisotopic (exact) mass is 227 g/mol. The van der Waals surface area contributed by atoms with E-state index in [1.165, 1.54) is 5.57 Å². The molecule has 2 rings (SSSR count). The molecule has 5 heteroatoms. The van der Waals surface area contributed by atoms with Gasteiger partial charge in [-0.25, -0.2) is 0 Å². The van der Waals surface area contributed by atoms with Crippen molar-refractivity contribution in [3.05, 3.63) is 11.6 Å². The van der Waals surface area contributed by atoms with Gasteiger partial charge in [0.1, 0.15) is 6.79 Å². The summed E-state index contributed by atoms with van der Waals surface area (Å²) in [6.45, 7) is 1.70. The minimum atomic E-state index is -0.393. The summed E-state index contributed by atoms with van der Waals surface area (Å²) in [7, 11) is 1.54. The van der Waals surface area contributed by atoms with Crippen LogP contribution in [0.2, 0.25) is 0 Å². The average Bonchev–Trinajstić information content (AvgIpc) is 2.30. The van der Waals surface area contributed by atoms with Crippen LogP contribution in [0, 0.1) is 0 Å². The van der Waals surface area contributed by atoms with E-state index in [1.807, 2.05) is 0 Å². The first-order chi connectivity index (χ1) is 7.81. The number of nitrogens with one attached hydrogen (secondary N) is 1. The quantitative estimate of drug-likeness (QED) is 0.424. The number of methoxy groups -OCH3 is 1. The van der Waals surface area contributed by atoms with Crippen molar-refractivity contribution in [2.75, 3.05) is 27.1 Å². The molecule has 2 atom stereocenters. The molecule has 2 unspecified atom stereocenters. The molecule has 0 saturated carbocycles. The van der Waals surface area contributed by atoms with Crippen molar-refractivity contribution in [1.29, 1.82) is 0 Å². The van der Waals surface area contributed by atoms with Gasteiger partial charge in [-0.15, -0.1) is 0 Å². The van der Waals surface area contributed by atoms with Gasteiger partial charge in [-0.1, -0.05) is 11.6 Å². The van der Waals surface area contributed by atoms with Gasteiger partial charge in [-0.05, 0) is 12.8 Å². The van der Waals surface area contributed by atoms with E-state index in [0.29, 0.717) is 0 Å². The Kier molecular flexibility index (Phi) is 3.93. The van der Waals surface area contributed by atoms with Gasteiger partial charge in [0, 0.05) is 7.11 Å². The molecule has 1 amide bonds. The fourth-order valence-corrected chi connectivity index (χ4v) is 1.89. The summed E-state index contributed by atoms with van der Waals surface area (Å²) in [5.41, 5.74) is 1.34. The third-order valence-electron chi connectivity index (χ3n) is 2.81. The van der Waals surface area contributed by atoms with Crippen LogP contribution in [0.25, 0.3) is 0 Å². The predicted octanol–water partition coefficient (Wildman–Crippen LogP) is 0.211. The molecule has 0 aromatic heterocycles. The number of hydrogen-bond donors (Lipinski definition) is 1. The summed E-state index contributed by atoms with van der Waals surface area (Å²) in [5, 5.41) is 2.81. The summed E-state index contributed by atoms with van der Waals surface area (Å²) in [6.07, 6.45) is 3.59. The van der Waals surface area contributed by atoms with E-state index in [9.17, 15) is 4.79 Å². The van der Waals surface area contributed by atoms with Crippen molar-refractivity contribution < 1.29 is 19.0 Å².